The van der Waals surface area contributed by atoms with Crippen molar-refractivity contribution in [1.82, 2.24) is 34.0 Å². The average molecular weight is 402 g/mol. The molecule has 0 aromatic carbocycles. The third-order valence-corrected chi connectivity index (χ3v) is 6.52. The lowest BCUT2D eigenvalue weighted by Gasteiger charge is -2.34. The number of sulfonamides is 1. The summed E-state index contributed by atoms with van der Waals surface area (Å²) in [4.78, 5) is 17.6. The molecule has 1 fully saturated rings. The Balaban J connectivity index is 1.55. The lowest BCUT2D eigenvalue weighted by Crippen LogP contribution is -2.49. The molecule has 0 amide bonds. The number of nitrogens with zero attached hydrogens (tertiary/aromatic N) is 7. The molecule has 0 radical (unpaired) electrons. The topological polar surface area (TPSA) is 113 Å². The maximum atomic E-state index is 12.6. The van der Waals surface area contributed by atoms with Crippen LogP contribution >= 0.6 is 0 Å². The van der Waals surface area contributed by atoms with Gasteiger partial charge in [0.15, 0.2) is 10.8 Å². The molecule has 4 rings (SSSR count). The Morgan fingerprint density at radius 1 is 1.00 bits per heavy atom. The molecule has 1 N–H and O–H groups in total. The largest absolute Gasteiger partial charge is 0.354 e. The lowest BCUT2D eigenvalue weighted by atomic mass is 10.3. The Hall–Kier alpha value is -2.79. The Kier molecular flexibility index (Phi) is 4.63. The van der Waals surface area contributed by atoms with Crippen molar-refractivity contribution in [2.24, 2.45) is 0 Å². The van der Waals surface area contributed by atoms with Crippen molar-refractivity contribution in [3.05, 3.63) is 41.9 Å². The number of anilines is 1. The molecule has 148 valence electrons. The minimum Gasteiger partial charge on any atom is -0.354 e. The fraction of sp³-hybridized carbons (Fsp3) is 0.412. The third kappa shape index (κ3) is 3.38. The van der Waals surface area contributed by atoms with Crippen LogP contribution in [0.4, 0.5) is 5.82 Å². The standard InChI is InChI=1S/C17H22N8O2S/c1-12-8-13(2)25(22-12)16-9-15(20-14(3)21-16)23-4-6-24(7-5-23)28(26,27)17-10-18-11-19-17/h8-11H,4-7H2,1-3H3,(H,18,19). The number of nitrogens with one attached hydrogen (secondary N) is 1. The molecule has 1 aliphatic rings. The van der Waals surface area contributed by atoms with Crippen molar-refractivity contribution in [3.63, 3.8) is 0 Å². The fourth-order valence-electron chi connectivity index (χ4n) is 3.35. The number of aromatic amines is 1. The number of aromatic nitrogens is 6. The van der Waals surface area contributed by atoms with Crippen molar-refractivity contribution in [3.8, 4) is 5.82 Å². The van der Waals surface area contributed by atoms with E-state index in [9.17, 15) is 8.42 Å². The van der Waals surface area contributed by atoms with Gasteiger partial charge in [0, 0.05) is 37.9 Å². The van der Waals surface area contributed by atoms with Crippen molar-refractivity contribution >= 4 is 15.8 Å². The number of hydrogen-bond acceptors (Lipinski definition) is 7. The van der Waals surface area contributed by atoms with Gasteiger partial charge in [0.25, 0.3) is 10.0 Å². The molecule has 0 atom stereocenters. The zero-order chi connectivity index (χ0) is 19.9. The molecule has 0 spiro atoms. The highest BCUT2D eigenvalue weighted by atomic mass is 32.2. The van der Waals surface area contributed by atoms with Gasteiger partial charge >= 0.3 is 0 Å². The predicted molar refractivity (Wildman–Crippen MR) is 103 cm³/mol. The second kappa shape index (κ2) is 6.99. The van der Waals surface area contributed by atoms with E-state index in [2.05, 4.69) is 29.9 Å². The molecule has 4 heterocycles. The average Bonchev–Trinajstić information content (AvgIpc) is 3.31. The van der Waals surface area contributed by atoms with Crippen LogP contribution in [-0.2, 0) is 10.0 Å². The summed E-state index contributed by atoms with van der Waals surface area (Å²) in [6, 6.07) is 3.89. The van der Waals surface area contributed by atoms with Crippen molar-refractivity contribution in [2.45, 2.75) is 25.8 Å². The van der Waals surface area contributed by atoms with Gasteiger partial charge in [-0.2, -0.15) is 9.40 Å². The van der Waals surface area contributed by atoms with Crippen molar-refractivity contribution in [2.75, 3.05) is 31.1 Å². The number of H-pyrrole nitrogens is 1. The van der Waals surface area contributed by atoms with Crippen LogP contribution in [0.3, 0.4) is 0 Å². The molecule has 0 bridgehead atoms. The van der Waals surface area contributed by atoms with E-state index in [0.29, 0.717) is 37.8 Å². The molecular weight excluding hydrogens is 380 g/mol. The number of imidazole rings is 1. The predicted octanol–water partition coefficient (Wildman–Crippen LogP) is 0.822. The van der Waals surface area contributed by atoms with Gasteiger partial charge in [0.05, 0.1) is 18.2 Å². The van der Waals surface area contributed by atoms with Crippen molar-refractivity contribution < 1.29 is 8.42 Å². The summed E-state index contributed by atoms with van der Waals surface area (Å²) in [5.74, 6) is 2.13. The van der Waals surface area contributed by atoms with Gasteiger partial charge in [-0.15, -0.1) is 0 Å². The van der Waals surface area contributed by atoms with Crippen LogP contribution in [0.25, 0.3) is 5.82 Å². The second-order valence-corrected chi connectivity index (χ2v) is 8.68. The van der Waals surface area contributed by atoms with Crippen molar-refractivity contribution in [1.29, 1.82) is 0 Å². The molecule has 0 unspecified atom stereocenters. The Labute approximate surface area is 163 Å². The summed E-state index contributed by atoms with van der Waals surface area (Å²) in [7, 11) is -3.54. The quantitative estimate of drug-likeness (QED) is 0.687. The normalized spacial score (nSPS) is 15.9. The third-order valence-electron chi connectivity index (χ3n) is 4.69. The number of aryl methyl sites for hydroxylation is 3. The molecule has 0 saturated carbocycles. The molecule has 1 saturated heterocycles. The first-order valence-corrected chi connectivity index (χ1v) is 10.4. The number of rotatable bonds is 4. The van der Waals surface area contributed by atoms with Gasteiger partial charge in [0.2, 0.25) is 0 Å². The lowest BCUT2D eigenvalue weighted by molar-refractivity contribution is 0.382. The first-order valence-electron chi connectivity index (χ1n) is 8.97. The molecule has 3 aromatic rings. The van der Waals surface area contributed by atoms with Crippen LogP contribution in [0.15, 0.2) is 29.7 Å². The van der Waals surface area contributed by atoms with Gasteiger partial charge in [-0.05, 0) is 26.8 Å². The maximum Gasteiger partial charge on any atom is 0.260 e. The maximum absolute atomic E-state index is 12.6. The van der Waals surface area contributed by atoms with Gasteiger partial charge in [-0.25, -0.2) is 28.1 Å². The van der Waals surface area contributed by atoms with E-state index in [-0.39, 0.29) is 5.03 Å². The molecule has 0 aliphatic carbocycles. The van der Waals surface area contributed by atoms with Crippen LogP contribution < -0.4 is 4.90 Å². The van der Waals surface area contributed by atoms with E-state index in [0.717, 1.165) is 17.2 Å². The van der Waals surface area contributed by atoms with Gasteiger partial charge in [0.1, 0.15) is 11.6 Å². The van der Waals surface area contributed by atoms with E-state index in [1.54, 1.807) is 4.68 Å². The van der Waals surface area contributed by atoms with Crippen LogP contribution in [-0.4, -0.2) is 68.6 Å². The van der Waals surface area contributed by atoms with Crippen LogP contribution in [0.2, 0.25) is 0 Å². The van der Waals surface area contributed by atoms with Gasteiger partial charge < -0.3 is 9.88 Å². The fourth-order valence-corrected chi connectivity index (χ4v) is 4.67. The molecule has 1 aliphatic heterocycles. The monoisotopic (exact) mass is 402 g/mol. The summed E-state index contributed by atoms with van der Waals surface area (Å²) in [5, 5.41) is 4.61. The highest BCUT2D eigenvalue weighted by Gasteiger charge is 2.30. The van der Waals surface area contributed by atoms with Gasteiger partial charge in [-0.1, -0.05) is 0 Å². The Morgan fingerprint density at radius 2 is 1.71 bits per heavy atom. The Bertz CT molecular complexity index is 1080. The van der Waals surface area contributed by atoms with E-state index in [1.165, 1.54) is 16.8 Å². The molecule has 10 nitrogen and oxygen atoms in total. The minimum absolute atomic E-state index is 0.116. The molecular formula is C17H22N8O2S. The summed E-state index contributed by atoms with van der Waals surface area (Å²) >= 11 is 0. The van der Waals surface area contributed by atoms with E-state index < -0.39 is 10.0 Å². The van der Waals surface area contributed by atoms with E-state index in [4.69, 9.17) is 0 Å². The summed E-state index contributed by atoms with van der Waals surface area (Å²) in [5.41, 5.74) is 1.92. The van der Waals surface area contributed by atoms with Crippen LogP contribution in [0.5, 0.6) is 0 Å². The molecule has 28 heavy (non-hydrogen) atoms. The highest BCUT2D eigenvalue weighted by Crippen LogP contribution is 2.21. The zero-order valence-corrected chi connectivity index (χ0v) is 16.8. The molecule has 3 aromatic heterocycles. The van der Waals surface area contributed by atoms with Crippen LogP contribution in [0, 0.1) is 20.8 Å². The number of piperazine rings is 1. The molecule has 11 heteroatoms. The summed E-state index contributed by atoms with van der Waals surface area (Å²) < 4.78 is 28.5. The zero-order valence-electron chi connectivity index (χ0n) is 16.0. The summed E-state index contributed by atoms with van der Waals surface area (Å²) in [6.07, 6.45) is 2.70. The van der Waals surface area contributed by atoms with Crippen LogP contribution in [0.1, 0.15) is 17.2 Å². The van der Waals surface area contributed by atoms with E-state index >= 15 is 0 Å². The van der Waals surface area contributed by atoms with E-state index in [1.807, 2.05) is 32.9 Å². The minimum atomic E-state index is -3.54. The highest BCUT2D eigenvalue weighted by molar-refractivity contribution is 7.89. The Morgan fingerprint density at radius 3 is 2.32 bits per heavy atom. The SMILES string of the molecule is Cc1cc(C)n(-c2cc(N3CCN(S(=O)(=O)c4cnc[nH]4)CC3)nc(C)n2)n1. The first-order chi connectivity index (χ1) is 13.3. The smallest absolute Gasteiger partial charge is 0.260 e. The van der Waals surface area contributed by atoms with Gasteiger partial charge in [-0.3, -0.25) is 0 Å². The first kappa shape index (κ1) is 18.6. The summed E-state index contributed by atoms with van der Waals surface area (Å²) in [6.45, 7) is 7.60. The second-order valence-electron chi connectivity index (χ2n) is 6.78. The number of hydrogen-bond donors (Lipinski definition) is 1.